The zero-order valence-corrected chi connectivity index (χ0v) is 15.8. The third-order valence-corrected chi connectivity index (χ3v) is 5.95. The van der Waals surface area contributed by atoms with Gasteiger partial charge in [-0.3, -0.25) is 0 Å². The number of benzene rings is 2. The van der Waals surface area contributed by atoms with Crippen molar-refractivity contribution in [1.82, 2.24) is 4.31 Å². The van der Waals surface area contributed by atoms with E-state index in [4.69, 9.17) is 10.5 Å². The molecule has 2 aromatic rings. The van der Waals surface area contributed by atoms with Gasteiger partial charge in [-0.2, -0.15) is 4.31 Å². The van der Waals surface area contributed by atoms with Crippen molar-refractivity contribution in [2.45, 2.75) is 25.0 Å². The van der Waals surface area contributed by atoms with E-state index in [1.54, 1.807) is 24.3 Å². The van der Waals surface area contributed by atoms with Crippen LogP contribution in [0.4, 0.5) is 8.78 Å². The molecule has 8 heteroatoms. The fraction of sp³-hybridized carbons (Fsp3) is 0.368. The van der Waals surface area contributed by atoms with Crippen LogP contribution >= 0.6 is 0 Å². The first-order valence-corrected chi connectivity index (χ1v) is 10.5. The van der Waals surface area contributed by atoms with Crippen molar-refractivity contribution < 1.29 is 21.9 Å². The van der Waals surface area contributed by atoms with E-state index < -0.39 is 27.8 Å². The van der Waals surface area contributed by atoms with Gasteiger partial charge in [0, 0.05) is 19.0 Å². The summed E-state index contributed by atoms with van der Waals surface area (Å²) in [6.45, 7) is 0.468. The maximum absolute atomic E-state index is 14.2. The quantitative estimate of drug-likeness (QED) is 0.843. The lowest BCUT2D eigenvalue weighted by Crippen LogP contribution is -2.47. The highest BCUT2D eigenvalue weighted by Gasteiger charge is 2.35. The zero-order chi connectivity index (χ0) is 19.6. The molecule has 0 saturated carbocycles. The predicted molar refractivity (Wildman–Crippen MR) is 98.9 cm³/mol. The van der Waals surface area contributed by atoms with Gasteiger partial charge in [-0.25, -0.2) is 17.2 Å². The molecule has 1 fully saturated rings. The molecule has 1 heterocycles. The molecule has 3 rings (SSSR count). The van der Waals surface area contributed by atoms with Gasteiger partial charge in [-0.15, -0.1) is 0 Å². The number of piperidine rings is 1. The van der Waals surface area contributed by atoms with Crippen molar-refractivity contribution in [2.75, 3.05) is 19.3 Å². The number of rotatable bonds is 5. The van der Waals surface area contributed by atoms with Crippen LogP contribution in [0.15, 0.2) is 42.5 Å². The number of nitrogens with zero attached hydrogens (tertiary/aromatic N) is 1. The van der Waals surface area contributed by atoms with Gasteiger partial charge in [0.25, 0.3) is 0 Å². The van der Waals surface area contributed by atoms with Gasteiger partial charge in [-0.05, 0) is 35.7 Å². The Morgan fingerprint density at radius 3 is 2.56 bits per heavy atom. The first-order chi connectivity index (χ1) is 12.8. The molecule has 2 aromatic carbocycles. The SMILES string of the molecule is CS(=O)(=O)N1C[C@@H](Oc2cc(CN)ccc2F)C[C@H](c2ccccc2F)C1. The molecule has 0 aliphatic carbocycles. The summed E-state index contributed by atoms with van der Waals surface area (Å²) >= 11 is 0. The van der Waals surface area contributed by atoms with Crippen LogP contribution in [-0.4, -0.2) is 38.2 Å². The minimum atomic E-state index is -3.51. The van der Waals surface area contributed by atoms with Crippen LogP contribution in [0.2, 0.25) is 0 Å². The molecule has 2 N–H and O–H groups in total. The third kappa shape index (κ3) is 4.63. The summed E-state index contributed by atoms with van der Waals surface area (Å²) in [6, 6.07) is 10.6. The normalized spacial score (nSPS) is 21.2. The number of ether oxygens (including phenoxy) is 1. The number of nitrogens with two attached hydrogens (primary N) is 1. The fourth-order valence-corrected chi connectivity index (χ4v) is 4.23. The Balaban J connectivity index is 1.89. The summed E-state index contributed by atoms with van der Waals surface area (Å²) in [5, 5.41) is 0. The van der Waals surface area contributed by atoms with Gasteiger partial charge < -0.3 is 10.5 Å². The Kier molecular flexibility index (Phi) is 5.78. The number of hydrogen-bond acceptors (Lipinski definition) is 4. The molecule has 1 aliphatic rings. The van der Waals surface area contributed by atoms with Gasteiger partial charge in [0.05, 0.1) is 12.8 Å². The molecule has 0 amide bonds. The van der Waals surface area contributed by atoms with Crippen molar-refractivity contribution in [3.63, 3.8) is 0 Å². The van der Waals surface area contributed by atoms with Crippen LogP contribution in [0.5, 0.6) is 5.75 Å². The van der Waals surface area contributed by atoms with E-state index in [0.29, 0.717) is 17.5 Å². The summed E-state index contributed by atoms with van der Waals surface area (Å²) in [5.74, 6) is -1.31. The van der Waals surface area contributed by atoms with Crippen molar-refractivity contribution in [2.24, 2.45) is 5.73 Å². The molecule has 0 bridgehead atoms. The van der Waals surface area contributed by atoms with Gasteiger partial charge in [0.1, 0.15) is 11.9 Å². The topological polar surface area (TPSA) is 72.6 Å². The second-order valence-electron chi connectivity index (χ2n) is 6.74. The molecule has 146 valence electrons. The average molecular weight is 396 g/mol. The highest BCUT2D eigenvalue weighted by atomic mass is 32.2. The molecular formula is C19H22F2N2O3S. The molecular weight excluding hydrogens is 374 g/mol. The molecule has 0 spiro atoms. The van der Waals surface area contributed by atoms with Gasteiger partial charge in [0.15, 0.2) is 11.6 Å². The lowest BCUT2D eigenvalue weighted by molar-refractivity contribution is 0.112. The average Bonchev–Trinajstić information content (AvgIpc) is 2.63. The van der Waals surface area contributed by atoms with Crippen molar-refractivity contribution in [3.8, 4) is 5.75 Å². The van der Waals surface area contributed by atoms with Crippen LogP contribution in [0, 0.1) is 11.6 Å². The van der Waals surface area contributed by atoms with Crippen LogP contribution in [-0.2, 0) is 16.6 Å². The lowest BCUT2D eigenvalue weighted by Gasteiger charge is -2.36. The Hall–Kier alpha value is -2.03. The van der Waals surface area contributed by atoms with E-state index in [1.165, 1.54) is 22.5 Å². The summed E-state index contributed by atoms with van der Waals surface area (Å²) in [6.07, 6.45) is 0.864. The predicted octanol–water partition coefficient (Wildman–Crippen LogP) is 2.62. The Bertz CT molecular complexity index is 921. The number of halogens is 2. The van der Waals surface area contributed by atoms with E-state index in [-0.39, 0.29) is 31.3 Å². The maximum atomic E-state index is 14.2. The van der Waals surface area contributed by atoms with Crippen molar-refractivity contribution in [3.05, 3.63) is 65.2 Å². The highest BCUT2D eigenvalue weighted by Crippen LogP contribution is 2.32. The van der Waals surface area contributed by atoms with Crippen LogP contribution in [0.1, 0.15) is 23.5 Å². The molecule has 27 heavy (non-hydrogen) atoms. The molecule has 5 nitrogen and oxygen atoms in total. The summed E-state index contributed by atoms with van der Waals surface area (Å²) < 4.78 is 59.6. The van der Waals surface area contributed by atoms with E-state index in [0.717, 1.165) is 6.26 Å². The third-order valence-electron chi connectivity index (χ3n) is 4.72. The lowest BCUT2D eigenvalue weighted by atomic mass is 9.90. The Morgan fingerprint density at radius 2 is 1.89 bits per heavy atom. The maximum Gasteiger partial charge on any atom is 0.211 e. The van der Waals surface area contributed by atoms with E-state index in [1.807, 2.05) is 0 Å². The van der Waals surface area contributed by atoms with E-state index in [2.05, 4.69) is 0 Å². The summed E-state index contributed by atoms with van der Waals surface area (Å²) in [7, 11) is -3.51. The monoisotopic (exact) mass is 396 g/mol. The Labute approximate surface area is 157 Å². The standard InChI is InChI=1S/C19H22F2N2O3S/c1-27(24,25)23-11-14(16-4-2-3-5-17(16)20)9-15(12-23)26-19-8-13(10-22)6-7-18(19)21/h2-8,14-15H,9-12,22H2,1H3/t14-,15-/m0/s1. The molecule has 0 radical (unpaired) electrons. The van der Waals surface area contributed by atoms with E-state index >= 15 is 0 Å². The molecule has 2 atom stereocenters. The zero-order valence-electron chi connectivity index (χ0n) is 14.9. The molecule has 0 aromatic heterocycles. The fourth-order valence-electron chi connectivity index (χ4n) is 3.35. The molecule has 1 saturated heterocycles. The largest absolute Gasteiger partial charge is 0.486 e. The molecule has 0 unspecified atom stereocenters. The smallest absolute Gasteiger partial charge is 0.211 e. The first-order valence-electron chi connectivity index (χ1n) is 8.62. The number of hydrogen-bond donors (Lipinski definition) is 1. The van der Waals surface area contributed by atoms with Gasteiger partial charge in [0.2, 0.25) is 10.0 Å². The van der Waals surface area contributed by atoms with Crippen LogP contribution in [0.3, 0.4) is 0 Å². The van der Waals surface area contributed by atoms with Crippen molar-refractivity contribution in [1.29, 1.82) is 0 Å². The Morgan fingerprint density at radius 1 is 1.15 bits per heavy atom. The summed E-state index contributed by atoms with van der Waals surface area (Å²) in [5.41, 5.74) is 6.72. The second kappa shape index (κ2) is 7.92. The van der Waals surface area contributed by atoms with Crippen molar-refractivity contribution >= 4 is 10.0 Å². The molecule has 1 aliphatic heterocycles. The van der Waals surface area contributed by atoms with Crippen LogP contribution < -0.4 is 10.5 Å². The van der Waals surface area contributed by atoms with Gasteiger partial charge in [-0.1, -0.05) is 24.3 Å². The number of sulfonamides is 1. The second-order valence-corrected chi connectivity index (χ2v) is 8.73. The van der Waals surface area contributed by atoms with Gasteiger partial charge >= 0.3 is 0 Å². The minimum Gasteiger partial charge on any atom is -0.486 e. The summed E-state index contributed by atoms with van der Waals surface area (Å²) in [4.78, 5) is 0. The minimum absolute atomic E-state index is 0.0191. The van der Waals surface area contributed by atoms with Crippen LogP contribution in [0.25, 0.3) is 0 Å². The first kappa shape index (κ1) is 19.7. The van der Waals surface area contributed by atoms with E-state index in [9.17, 15) is 17.2 Å². The highest BCUT2D eigenvalue weighted by molar-refractivity contribution is 7.88.